The molecule has 0 radical (unpaired) electrons. The van der Waals surface area contributed by atoms with Gasteiger partial charge in [0.1, 0.15) is 0 Å². The van der Waals surface area contributed by atoms with E-state index in [2.05, 4.69) is 0 Å². The van der Waals surface area contributed by atoms with E-state index < -0.39 is 0 Å². The van der Waals surface area contributed by atoms with Crippen LogP contribution in [0, 0.1) is 16.0 Å². The molecule has 6 heteroatoms. The van der Waals surface area contributed by atoms with E-state index in [1.54, 1.807) is 12.1 Å². The molecule has 1 heterocycles. The zero-order valence-corrected chi connectivity index (χ0v) is 13.7. The molecule has 2 aromatic carbocycles. The Hall–Kier alpha value is -2.40. The molecule has 1 fully saturated rings. The lowest BCUT2D eigenvalue weighted by Crippen LogP contribution is -2.18. The van der Waals surface area contributed by atoms with Crippen LogP contribution in [0.2, 0.25) is 5.02 Å². The monoisotopic (exact) mass is 341 g/mol. The van der Waals surface area contributed by atoms with Crippen molar-refractivity contribution in [2.45, 2.75) is 25.3 Å². The number of hydrogen-bond acceptors (Lipinski definition) is 4. The van der Waals surface area contributed by atoms with Crippen LogP contribution < -0.4 is 5.01 Å². The predicted octanol–water partition coefficient (Wildman–Crippen LogP) is 4.97. The number of hydrazone groups is 1. The van der Waals surface area contributed by atoms with Gasteiger partial charge < -0.3 is 0 Å². The number of hydrogen-bond donors (Lipinski definition) is 0. The minimum atomic E-state index is -0.376. The molecule has 0 amide bonds. The van der Waals surface area contributed by atoms with Crippen molar-refractivity contribution in [2.24, 2.45) is 11.0 Å². The van der Waals surface area contributed by atoms with E-state index in [0.29, 0.717) is 10.9 Å². The van der Waals surface area contributed by atoms with Crippen molar-refractivity contribution in [3.8, 4) is 0 Å². The van der Waals surface area contributed by atoms with Crippen LogP contribution in [-0.2, 0) is 0 Å². The number of benzene rings is 2. The summed E-state index contributed by atoms with van der Waals surface area (Å²) in [6.45, 7) is 0. The average molecular weight is 342 g/mol. The van der Waals surface area contributed by atoms with Crippen molar-refractivity contribution in [3.63, 3.8) is 0 Å². The number of nitro groups is 1. The summed E-state index contributed by atoms with van der Waals surface area (Å²) >= 11 is 6.13. The molecule has 4 rings (SSSR count). The van der Waals surface area contributed by atoms with Gasteiger partial charge in [0.25, 0.3) is 5.69 Å². The molecule has 0 spiro atoms. The fourth-order valence-corrected chi connectivity index (χ4v) is 3.32. The largest absolute Gasteiger partial charge is 0.269 e. The maximum absolute atomic E-state index is 10.9. The highest BCUT2D eigenvalue weighted by molar-refractivity contribution is 6.30. The first-order chi connectivity index (χ1) is 11.6. The number of halogens is 1. The molecule has 2 aliphatic rings. The Labute approximate surface area is 144 Å². The van der Waals surface area contributed by atoms with Crippen LogP contribution >= 0.6 is 11.6 Å². The summed E-state index contributed by atoms with van der Waals surface area (Å²) in [5.74, 6) is 0.592. The molecule has 1 unspecified atom stereocenters. The van der Waals surface area contributed by atoms with Gasteiger partial charge in [-0.25, -0.2) is 0 Å². The van der Waals surface area contributed by atoms with Crippen molar-refractivity contribution in [1.29, 1.82) is 0 Å². The Morgan fingerprint density at radius 2 is 1.92 bits per heavy atom. The zero-order chi connectivity index (χ0) is 16.7. The Bertz CT molecular complexity index is 815. The van der Waals surface area contributed by atoms with E-state index in [-0.39, 0.29) is 16.7 Å². The molecule has 1 aliphatic heterocycles. The van der Waals surface area contributed by atoms with Gasteiger partial charge >= 0.3 is 0 Å². The first-order valence-electron chi connectivity index (χ1n) is 7.98. The summed E-state index contributed by atoms with van der Waals surface area (Å²) in [5.41, 5.74) is 3.30. The molecule has 0 bridgehead atoms. The lowest BCUT2D eigenvalue weighted by atomic mass is 9.99. The summed E-state index contributed by atoms with van der Waals surface area (Å²) < 4.78 is 0. The second kappa shape index (κ2) is 5.91. The van der Waals surface area contributed by atoms with Gasteiger partial charge in [-0.2, -0.15) is 5.10 Å². The maximum atomic E-state index is 10.9. The Kier molecular flexibility index (Phi) is 3.73. The Morgan fingerprint density at radius 1 is 1.17 bits per heavy atom. The van der Waals surface area contributed by atoms with Crippen LogP contribution in [0.4, 0.5) is 11.4 Å². The molecule has 5 nitrogen and oxygen atoms in total. The molecule has 2 aromatic rings. The second-order valence-electron chi connectivity index (χ2n) is 6.26. The number of nitro benzene ring substituents is 1. The van der Waals surface area contributed by atoms with Crippen LogP contribution in [0.5, 0.6) is 0 Å². The van der Waals surface area contributed by atoms with E-state index >= 15 is 0 Å². The lowest BCUT2D eigenvalue weighted by Gasteiger charge is -2.24. The van der Waals surface area contributed by atoms with E-state index in [9.17, 15) is 10.1 Å². The van der Waals surface area contributed by atoms with Gasteiger partial charge in [-0.15, -0.1) is 0 Å². The SMILES string of the molecule is O=[N+]([O-])c1ccc(C2CC(C3CC3)=NN2c2cccc(Cl)c2)cc1. The average Bonchev–Trinajstić information content (AvgIpc) is 3.34. The first kappa shape index (κ1) is 15.1. The third-order valence-corrected chi connectivity index (χ3v) is 4.78. The van der Waals surface area contributed by atoms with Gasteiger partial charge in [0.2, 0.25) is 0 Å². The molecular weight excluding hydrogens is 326 g/mol. The third-order valence-electron chi connectivity index (χ3n) is 4.54. The van der Waals surface area contributed by atoms with Crippen molar-refractivity contribution in [2.75, 3.05) is 5.01 Å². The Morgan fingerprint density at radius 3 is 2.54 bits per heavy atom. The molecule has 122 valence electrons. The summed E-state index contributed by atoms with van der Waals surface area (Å²) in [5, 5.41) is 18.4. The molecule has 1 atom stereocenters. The summed E-state index contributed by atoms with van der Waals surface area (Å²) in [6.07, 6.45) is 3.26. The van der Waals surface area contributed by atoms with Crippen LogP contribution in [0.1, 0.15) is 30.9 Å². The molecule has 1 aliphatic carbocycles. The quantitative estimate of drug-likeness (QED) is 0.583. The summed E-state index contributed by atoms with van der Waals surface area (Å²) in [6, 6.07) is 14.5. The van der Waals surface area contributed by atoms with Crippen LogP contribution in [-0.4, -0.2) is 10.6 Å². The summed E-state index contributed by atoms with van der Waals surface area (Å²) in [7, 11) is 0. The smallest absolute Gasteiger partial charge is 0.258 e. The van der Waals surface area contributed by atoms with E-state index in [4.69, 9.17) is 16.7 Å². The number of anilines is 1. The minimum absolute atomic E-state index is 0.0554. The van der Waals surface area contributed by atoms with E-state index in [1.807, 2.05) is 41.4 Å². The van der Waals surface area contributed by atoms with Gasteiger partial charge in [0.15, 0.2) is 0 Å². The van der Waals surface area contributed by atoms with Gasteiger partial charge in [0, 0.05) is 29.3 Å². The number of rotatable bonds is 4. The van der Waals surface area contributed by atoms with Gasteiger partial charge in [0.05, 0.1) is 16.7 Å². The fraction of sp³-hybridized carbons (Fsp3) is 0.278. The molecule has 0 aromatic heterocycles. The van der Waals surface area contributed by atoms with Gasteiger partial charge in [-0.1, -0.05) is 29.8 Å². The molecule has 24 heavy (non-hydrogen) atoms. The summed E-state index contributed by atoms with van der Waals surface area (Å²) in [4.78, 5) is 10.5. The minimum Gasteiger partial charge on any atom is -0.258 e. The van der Waals surface area contributed by atoms with Crippen LogP contribution in [0.25, 0.3) is 0 Å². The normalized spacial score (nSPS) is 20.1. The molecular formula is C18H16ClN3O2. The molecule has 0 saturated heterocycles. The topological polar surface area (TPSA) is 58.7 Å². The van der Waals surface area contributed by atoms with Crippen molar-refractivity contribution in [3.05, 3.63) is 69.2 Å². The highest BCUT2D eigenvalue weighted by atomic mass is 35.5. The highest BCUT2D eigenvalue weighted by Gasteiger charge is 2.37. The highest BCUT2D eigenvalue weighted by Crippen LogP contribution is 2.42. The number of nitrogens with zero attached hydrogens (tertiary/aromatic N) is 3. The lowest BCUT2D eigenvalue weighted by molar-refractivity contribution is -0.384. The van der Waals surface area contributed by atoms with Crippen molar-refractivity contribution < 1.29 is 4.92 Å². The van der Waals surface area contributed by atoms with Crippen molar-refractivity contribution in [1.82, 2.24) is 0 Å². The standard InChI is InChI=1S/C18H16ClN3O2/c19-14-2-1-3-16(10-14)21-18(11-17(20-21)12-4-5-12)13-6-8-15(9-7-13)22(23)24/h1-3,6-10,12,18H,4-5,11H2. The van der Waals surface area contributed by atoms with E-state index in [1.165, 1.54) is 18.6 Å². The Balaban J connectivity index is 1.68. The zero-order valence-electron chi connectivity index (χ0n) is 12.9. The molecule has 1 saturated carbocycles. The van der Waals surface area contributed by atoms with Gasteiger partial charge in [-0.3, -0.25) is 15.1 Å². The second-order valence-corrected chi connectivity index (χ2v) is 6.70. The first-order valence-corrected chi connectivity index (χ1v) is 8.36. The molecule has 0 N–H and O–H groups in total. The van der Waals surface area contributed by atoms with Crippen LogP contribution in [0.3, 0.4) is 0 Å². The van der Waals surface area contributed by atoms with E-state index in [0.717, 1.165) is 17.7 Å². The number of non-ortho nitro benzene ring substituents is 1. The predicted molar refractivity (Wildman–Crippen MR) is 94.5 cm³/mol. The fourth-order valence-electron chi connectivity index (χ4n) is 3.13. The van der Waals surface area contributed by atoms with Gasteiger partial charge in [-0.05, 0) is 42.5 Å². The maximum Gasteiger partial charge on any atom is 0.269 e. The third kappa shape index (κ3) is 2.87. The van der Waals surface area contributed by atoms with Crippen molar-refractivity contribution >= 4 is 28.7 Å². The van der Waals surface area contributed by atoms with Crippen LogP contribution in [0.15, 0.2) is 53.6 Å².